The average Bonchev–Trinajstić information content (AvgIpc) is 1.80. The second-order valence-corrected chi connectivity index (χ2v) is 30.3. The fraction of sp³-hybridized carbons (Fsp3) is 0.444. The van der Waals surface area contributed by atoms with E-state index in [1.54, 1.807) is 12.1 Å². The zero-order chi connectivity index (χ0) is 77.4. The lowest BCUT2D eigenvalue weighted by atomic mass is 9.92. The molecule has 107 heavy (non-hydrogen) atoms. The predicted molar refractivity (Wildman–Crippen MR) is 444 cm³/mol. The van der Waals surface area contributed by atoms with E-state index in [4.69, 9.17) is 14.2 Å². The third-order valence-corrected chi connectivity index (χ3v) is 18.4. The topological polar surface area (TPSA) is 159 Å². The smallest absolute Gasteiger partial charge is 0.130 e. The summed E-state index contributed by atoms with van der Waals surface area (Å²) in [6.07, 6.45) is 19.8. The third kappa shape index (κ3) is 28.5. The molecule has 0 fully saturated rings. The van der Waals surface area contributed by atoms with Crippen molar-refractivity contribution in [1.29, 1.82) is 0 Å². The Bertz CT molecular complexity index is 4160. The normalized spacial score (nSPS) is 11.4. The van der Waals surface area contributed by atoms with Gasteiger partial charge in [-0.3, -0.25) is 20.4 Å². The molecule has 0 saturated carbocycles. The first-order valence-corrected chi connectivity index (χ1v) is 39.0. The van der Waals surface area contributed by atoms with E-state index in [-0.39, 0.29) is 11.9 Å². The Hall–Kier alpha value is -9.13. The summed E-state index contributed by atoms with van der Waals surface area (Å²) >= 11 is 0. The summed E-state index contributed by atoms with van der Waals surface area (Å²) in [7, 11) is 12.6. The lowest BCUT2D eigenvalue weighted by Crippen LogP contribution is -2.19. The Kier molecular flexibility index (Phi) is 35.2. The van der Waals surface area contributed by atoms with Crippen LogP contribution in [-0.4, -0.2) is 140 Å². The first-order valence-electron chi connectivity index (χ1n) is 39.0. The number of halogens is 1. The molecular weight excluding hydrogens is 1330 g/mol. The summed E-state index contributed by atoms with van der Waals surface area (Å²) in [5.41, 5.74) is 20.1. The summed E-state index contributed by atoms with van der Waals surface area (Å²) in [4.78, 5) is 11.3. The van der Waals surface area contributed by atoms with E-state index in [2.05, 4.69) is 227 Å². The standard InChI is InChI=1S/C25H32N4O.C23H37N3.C21H24FN3O.C21H33N3O/c1-6-7-15-29(5)18-25-24(17-26-27-25)20-11-13-22(14-12-20)30-23-10-8-9-21(16-23)19(2)28(3)4;1-7-8-9-26(6)16-23-22(15-24-25-23)21-13-19(10-17(2)3)12-20(14-21)11-18(4)5;1-3-4-12-25(2)15-21-20(14-23-24-21)16-8-10-18(11-9-16)26-19-7-5-6-17(22)13-19;1-7-8-9-24(6)14-21-20(13-22-23-21)18-10-17(15(2)3)11-19(12-18)25-16(4)5/h8-14,16-17H,2,6-7,15,18H2,1,3-5H3,(H,26,27);12-15,17-18H,7-11,16H2,1-6H3,(H,24,25);5-11,13-14H,3-4,12,15H2,1-2H3,(H,23,24);10-13,15-16H,7-9,14H2,1-6H3,(H,22,23). The molecule has 16 nitrogen and oxygen atoms in total. The molecule has 6 aromatic carbocycles. The molecule has 0 bridgehead atoms. The van der Waals surface area contributed by atoms with Crippen LogP contribution in [0.3, 0.4) is 0 Å². The van der Waals surface area contributed by atoms with Crippen molar-refractivity contribution in [2.45, 2.75) is 185 Å². The molecule has 0 spiro atoms. The maximum Gasteiger partial charge on any atom is 0.130 e. The number of unbranched alkanes of at least 4 members (excludes halogenated alkanes) is 4. The number of ether oxygens (including phenoxy) is 3. The first-order chi connectivity index (χ1) is 51.4. The SMILES string of the molecule is C=C(c1cccc(Oc2ccc(-c3cn[nH]c3CN(C)CCCC)cc2)c1)N(C)C.CCCCN(C)Cc1[nH]ncc1-c1cc(CC(C)C)cc(CC(C)C)c1.CCCCN(C)Cc1[nH]ncc1-c1cc(OC(C)C)cc(C(C)C)c1.CCCCN(C)Cc1[nH]ncc1-c1ccc(Oc2cccc(F)c2)cc1. The van der Waals surface area contributed by atoms with Gasteiger partial charge in [-0.15, -0.1) is 0 Å². The zero-order valence-electron chi connectivity index (χ0n) is 67.9. The van der Waals surface area contributed by atoms with Crippen molar-refractivity contribution in [1.82, 2.24) is 65.3 Å². The highest BCUT2D eigenvalue weighted by Gasteiger charge is 2.18. The lowest BCUT2D eigenvalue weighted by Gasteiger charge is -2.18. The second-order valence-electron chi connectivity index (χ2n) is 30.3. The number of rotatable bonds is 37. The minimum absolute atomic E-state index is 0.166. The van der Waals surface area contributed by atoms with E-state index in [9.17, 15) is 4.39 Å². The first kappa shape index (κ1) is 85.1. The maximum absolute atomic E-state index is 13.3. The molecule has 4 heterocycles. The number of benzene rings is 6. The molecule has 17 heteroatoms. The van der Waals surface area contributed by atoms with Gasteiger partial charge in [0.15, 0.2) is 0 Å². The van der Waals surface area contributed by atoms with Crippen molar-refractivity contribution >= 4 is 5.70 Å². The predicted octanol–water partition coefficient (Wildman–Crippen LogP) is 21.8. The summed E-state index contributed by atoms with van der Waals surface area (Å²) in [5.74, 6) is 5.17. The van der Waals surface area contributed by atoms with E-state index < -0.39 is 0 Å². The van der Waals surface area contributed by atoms with Crippen LogP contribution < -0.4 is 14.2 Å². The van der Waals surface area contributed by atoms with Gasteiger partial charge in [-0.2, -0.15) is 20.4 Å². The Morgan fingerprint density at radius 2 is 0.785 bits per heavy atom. The van der Waals surface area contributed by atoms with Gasteiger partial charge in [0.1, 0.15) is 34.6 Å². The highest BCUT2D eigenvalue weighted by Crippen LogP contribution is 2.35. The third-order valence-electron chi connectivity index (χ3n) is 18.4. The maximum atomic E-state index is 13.3. The van der Waals surface area contributed by atoms with Crippen LogP contribution in [0.4, 0.5) is 4.39 Å². The second kappa shape index (κ2) is 44.2. The molecule has 0 radical (unpaired) electrons. The van der Waals surface area contributed by atoms with E-state index >= 15 is 0 Å². The molecule has 4 aromatic heterocycles. The Morgan fingerprint density at radius 3 is 1.14 bits per heavy atom. The van der Waals surface area contributed by atoms with Gasteiger partial charge < -0.3 is 38.7 Å². The number of aromatic amines is 4. The van der Waals surface area contributed by atoms with Gasteiger partial charge >= 0.3 is 0 Å². The summed E-state index contributed by atoms with van der Waals surface area (Å²) in [6, 6.07) is 43.7. The average molecular weight is 1460 g/mol. The minimum atomic E-state index is -0.311. The number of nitrogens with zero attached hydrogens (tertiary/aromatic N) is 9. The van der Waals surface area contributed by atoms with Crippen LogP contribution in [0, 0.1) is 17.7 Å². The van der Waals surface area contributed by atoms with Crippen molar-refractivity contribution in [3.8, 4) is 73.3 Å². The van der Waals surface area contributed by atoms with Crippen LogP contribution in [0.25, 0.3) is 50.2 Å². The van der Waals surface area contributed by atoms with Crippen molar-refractivity contribution < 1.29 is 18.6 Å². The summed E-state index contributed by atoms with van der Waals surface area (Å²) in [6.45, 7) is 38.6. The Balaban J connectivity index is 0.000000199. The molecule has 10 aromatic rings. The fourth-order valence-corrected chi connectivity index (χ4v) is 12.6. The Morgan fingerprint density at radius 1 is 0.411 bits per heavy atom. The van der Waals surface area contributed by atoms with Crippen LogP contribution in [-0.2, 0) is 39.0 Å². The number of hydrogen-bond acceptors (Lipinski definition) is 12. The minimum Gasteiger partial charge on any atom is -0.491 e. The fourth-order valence-electron chi connectivity index (χ4n) is 12.6. The monoisotopic (exact) mass is 1460 g/mol. The molecule has 4 N–H and O–H groups in total. The van der Waals surface area contributed by atoms with Crippen molar-refractivity contribution in [3.05, 3.63) is 216 Å². The van der Waals surface area contributed by atoms with Crippen molar-refractivity contribution in [2.75, 3.05) is 68.5 Å². The number of aromatic nitrogens is 8. The molecule has 0 aliphatic carbocycles. The van der Waals surface area contributed by atoms with E-state index in [1.807, 2.05) is 104 Å². The van der Waals surface area contributed by atoms with E-state index in [1.165, 1.54) is 108 Å². The molecular formula is C90H126FN13O3. The molecule has 0 amide bonds. The van der Waals surface area contributed by atoms with Gasteiger partial charge in [-0.1, -0.05) is 168 Å². The molecule has 0 atom stereocenters. The molecule has 0 aliphatic rings. The highest BCUT2D eigenvalue weighted by atomic mass is 19.1. The summed E-state index contributed by atoms with van der Waals surface area (Å²) < 4.78 is 31.0. The van der Waals surface area contributed by atoms with Gasteiger partial charge in [0, 0.05) is 79.9 Å². The van der Waals surface area contributed by atoms with Gasteiger partial charge in [-0.05, 0) is 224 Å². The van der Waals surface area contributed by atoms with Gasteiger partial charge in [0.05, 0.1) is 53.7 Å². The van der Waals surface area contributed by atoms with Crippen LogP contribution in [0.2, 0.25) is 0 Å². The molecule has 0 aliphatic heterocycles. The molecule has 0 unspecified atom stereocenters. The lowest BCUT2D eigenvalue weighted by molar-refractivity contribution is 0.242. The zero-order valence-corrected chi connectivity index (χ0v) is 67.9. The Labute approximate surface area is 640 Å². The van der Waals surface area contributed by atoms with Crippen molar-refractivity contribution in [3.63, 3.8) is 0 Å². The number of H-pyrrole nitrogens is 4. The van der Waals surface area contributed by atoms with E-state index in [0.717, 1.165) is 133 Å². The van der Waals surface area contributed by atoms with Crippen LogP contribution in [0.1, 0.15) is 185 Å². The van der Waals surface area contributed by atoms with Gasteiger partial charge in [0.2, 0.25) is 0 Å². The highest BCUT2D eigenvalue weighted by molar-refractivity contribution is 5.70. The van der Waals surface area contributed by atoms with E-state index in [0.29, 0.717) is 29.3 Å². The van der Waals surface area contributed by atoms with Crippen LogP contribution in [0.15, 0.2) is 165 Å². The quantitative estimate of drug-likeness (QED) is 0.0292. The molecule has 0 saturated heterocycles. The number of hydrogen-bond donors (Lipinski definition) is 4. The number of nitrogens with one attached hydrogen (secondary N) is 4. The van der Waals surface area contributed by atoms with Gasteiger partial charge in [-0.25, -0.2) is 4.39 Å². The van der Waals surface area contributed by atoms with Crippen LogP contribution in [0.5, 0.6) is 28.7 Å². The van der Waals surface area contributed by atoms with Crippen molar-refractivity contribution in [2.24, 2.45) is 11.8 Å². The van der Waals surface area contributed by atoms with Gasteiger partial charge in [0.25, 0.3) is 0 Å². The summed E-state index contributed by atoms with van der Waals surface area (Å²) in [5, 5.41) is 29.8. The molecule has 576 valence electrons. The van der Waals surface area contributed by atoms with Crippen LogP contribution >= 0.6 is 0 Å². The largest absolute Gasteiger partial charge is 0.491 e. The molecule has 10 rings (SSSR count).